The van der Waals surface area contributed by atoms with Crippen molar-refractivity contribution < 1.29 is 22.8 Å². The lowest BCUT2D eigenvalue weighted by molar-refractivity contribution is -0.140. The third-order valence-electron chi connectivity index (χ3n) is 7.15. The number of pyridine rings is 1. The van der Waals surface area contributed by atoms with E-state index in [0.717, 1.165) is 37.9 Å². The molecule has 2 aromatic rings. The van der Waals surface area contributed by atoms with Crippen molar-refractivity contribution in [2.45, 2.75) is 37.5 Å². The summed E-state index contributed by atoms with van der Waals surface area (Å²) in [4.78, 5) is 33.5. The van der Waals surface area contributed by atoms with Gasteiger partial charge in [-0.2, -0.15) is 13.2 Å². The zero-order valence-corrected chi connectivity index (χ0v) is 18.1. The second-order valence-electron chi connectivity index (χ2n) is 8.99. The summed E-state index contributed by atoms with van der Waals surface area (Å²) in [6.07, 6.45) is 3.97. The molecule has 172 valence electrons. The normalized spacial score (nSPS) is 27.9. The van der Waals surface area contributed by atoms with Gasteiger partial charge in [0.15, 0.2) is 0 Å². The molecule has 0 unspecified atom stereocenters. The van der Waals surface area contributed by atoms with Crippen LogP contribution in [0.5, 0.6) is 0 Å². The minimum Gasteiger partial charge on any atom is -0.292 e. The Bertz CT molecular complexity index is 1110. The fourth-order valence-electron chi connectivity index (χ4n) is 5.54. The van der Waals surface area contributed by atoms with Crippen molar-refractivity contribution in [3.8, 4) is 11.1 Å². The van der Waals surface area contributed by atoms with Gasteiger partial charge in [0.05, 0.1) is 23.1 Å². The molecule has 5 nitrogen and oxygen atoms in total. The number of carbonyl (C=O) groups is 2. The van der Waals surface area contributed by atoms with Crippen LogP contribution in [-0.4, -0.2) is 52.3 Å². The van der Waals surface area contributed by atoms with E-state index in [1.54, 1.807) is 31.4 Å². The van der Waals surface area contributed by atoms with Crippen molar-refractivity contribution in [1.29, 1.82) is 0 Å². The maximum Gasteiger partial charge on any atom is 0.416 e. The predicted octanol–water partition coefficient (Wildman–Crippen LogP) is 4.25. The van der Waals surface area contributed by atoms with E-state index in [9.17, 15) is 22.8 Å². The first-order chi connectivity index (χ1) is 15.8. The minimum atomic E-state index is -4.40. The number of halogens is 3. The van der Waals surface area contributed by atoms with Gasteiger partial charge in [-0.1, -0.05) is 30.7 Å². The van der Waals surface area contributed by atoms with E-state index in [1.165, 1.54) is 11.0 Å². The number of imide groups is 1. The van der Waals surface area contributed by atoms with Gasteiger partial charge in [0.25, 0.3) is 0 Å². The van der Waals surface area contributed by atoms with Gasteiger partial charge in [0, 0.05) is 30.9 Å². The van der Waals surface area contributed by atoms with Crippen LogP contribution in [0.15, 0.2) is 48.7 Å². The zero-order chi connectivity index (χ0) is 23.3. The number of likely N-dealkylation sites (tertiary alicyclic amines) is 1. The molecule has 0 spiro atoms. The summed E-state index contributed by atoms with van der Waals surface area (Å²) in [5.74, 6) is -0.858. The number of hydrogen-bond acceptors (Lipinski definition) is 4. The topological polar surface area (TPSA) is 53.5 Å². The Morgan fingerprint density at radius 2 is 1.82 bits per heavy atom. The maximum absolute atomic E-state index is 13.0. The van der Waals surface area contributed by atoms with Crippen LogP contribution in [0.2, 0.25) is 0 Å². The number of carbonyl (C=O) groups excluding carboxylic acids is 2. The number of alkyl halides is 3. The highest BCUT2D eigenvalue weighted by molar-refractivity contribution is 6.06. The van der Waals surface area contributed by atoms with Gasteiger partial charge in [-0.3, -0.25) is 24.4 Å². The van der Waals surface area contributed by atoms with E-state index in [4.69, 9.17) is 0 Å². The molecule has 3 fully saturated rings. The highest BCUT2D eigenvalue weighted by Crippen LogP contribution is 2.46. The molecule has 5 rings (SSSR count). The molecule has 33 heavy (non-hydrogen) atoms. The van der Waals surface area contributed by atoms with Crippen LogP contribution in [0, 0.1) is 11.8 Å². The van der Waals surface area contributed by atoms with E-state index < -0.39 is 11.7 Å². The SMILES string of the molecule is CN1C(=O)[C@@H]2[C@H](C1=O)[C@H](/C=C/c1ccc(-c3cccc(C(F)(F)F)c3)cn1)N1CCCC[C@@H]21. The second-order valence-corrected chi connectivity index (χ2v) is 8.99. The van der Waals surface area contributed by atoms with Crippen molar-refractivity contribution >= 4 is 17.9 Å². The van der Waals surface area contributed by atoms with Crippen molar-refractivity contribution in [2.24, 2.45) is 11.8 Å². The summed E-state index contributed by atoms with van der Waals surface area (Å²) in [6, 6.07) is 8.58. The van der Waals surface area contributed by atoms with Crippen LogP contribution < -0.4 is 0 Å². The van der Waals surface area contributed by atoms with Crippen LogP contribution in [0.3, 0.4) is 0 Å². The third-order valence-corrected chi connectivity index (χ3v) is 7.15. The lowest BCUT2D eigenvalue weighted by Gasteiger charge is -2.35. The summed E-state index contributed by atoms with van der Waals surface area (Å²) < 4.78 is 39.0. The van der Waals surface area contributed by atoms with E-state index >= 15 is 0 Å². The largest absolute Gasteiger partial charge is 0.416 e. The Hall–Kier alpha value is -3.00. The zero-order valence-electron chi connectivity index (χ0n) is 18.1. The van der Waals surface area contributed by atoms with Crippen LogP contribution in [-0.2, 0) is 15.8 Å². The quantitative estimate of drug-likeness (QED) is 0.650. The molecule has 0 N–H and O–H groups in total. The van der Waals surface area contributed by atoms with Gasteiger partial charge >= 0.3 is 6.18 Å². The first kappa shape index (κ1) is 21.8. The molecule has 0 aliphatic carbocycles. The van der Waals surface area contributed by atoms with E-state index in [1.807, 2.05) is 12.2 Å². The van der Waals surface area contributed by atoms with Crippen LogP contribution in [0.25, 0.3) is 17.2 Å². The van der Waals surface area contributed by atoms with E-state index in [2.05, 4.69) is 9.88 Å². The number of benzene rings is 1. The number of aromatic nitrogens is 1. The van der Waals surface area contributed by atoms with E-state index in [0.29, 0.717) is 16.8 Å². The molecule has 4 atom stereocenters. The molecule has 3 aliphatic rings. The molecule has 0 radical (unpaired) electrons. The molecule has 0 bridgehead atoms. The Morgan fingerprint density at radius 1 is 1.03 bits per heavy atom. The molecule has 8 heteroatoms. The average Bonchev–Trinajstić information content (AvgIpc) is 3.26. The minimum absolute atomic E-state index is 0.0821. The molecular formula is C25H24F3N3O2. The second kappa shape index (κ2) is 8.09. The van der Waals surface area contributed by atoms with Crippen LogP contribution in [0.1, 0.15) is 30.5 Å². The van der Waals surface area contributed by atoms with E-state index in [-0.39, 0.29) is 35.7 Å². The van der Waals surface area contributed by atoms with Crippen molar-refractivity contribution in [3.63, 3.8) is 0 Å². The first-order valence-corrected chi connectivity index (χ1v) is 11.1. The first-order valence-electron chi connectivity index (χ1n) is 11.1. The summed E-state index contributed by atoms with van der Waals surface area (Å²) in [7, 11) is 1.56. The molecule has 2 amide bonds. The predicted molar refractivity (Wildman–Crippen MR) is 117 cm³/mol. The molecule has 3 aliphatic heterocycles. The highest BCUT2D eigenvalue weighted by Gasteiger charge is 2.60. The van der Waals surface area contributed by atoms with Crippen molar-refractivity contribution in [2.75, 3.05) is 13.6 Å². The van der Waals surface area contributed by atoms with Gasteiger partial charge in [-0.25, -0.2) is 0 Å². The van der Waals surface area contributed by atoms with Crippen molar-refractivity contribution in [3.05, 3.63) is 59.9 Å². The summed E-state index contributed by atoms with van der Waals surface area (Å²) >= 11 is 0. The van der Waals surface area contributed by atoms with Gasteiger partial charge in [0.1, 0.15) is 0 Å². The number of amides is 2. The molecule has 4 heterocycles. The summed E-state index contributed by atoms with van der Waals surface area (Å²) in [6.45, 7) is 0.860. The number of piperidine rings is 1. The highest BCUT2D eigenvalue weighted by atomic mass is 19.4. The lowest BCUT2D eigenvalue weighted by Crippen LogP contribution is -2.45. The van der Waals surface area contributed by atoms with Crippen LogP contribution >= 0.6 is 0 Å². The summed E-state index contributed by atoms with van der Waals surface area (Å²) in [5, 5.41) is 0. The van der Waals surface area contributed by atoms with Crippen LogP contribution in [0.4, 0.5) is 13.2 Å². The monoisotopic (exact) mass is 455 g/mol. The molecule has 1 aromatic heterocycles. The Labute approximate surface area is 189 Å². The molecular weight excluding hydrogens is 431 g/mol. The van der Waals surface area contributed by atoms with Gasteiger partial charge in [-0.15, -0.1) is 0 Å². The molecule has 1 aromatic carbocycles. The molecule has 3 saturated heterocycles. The van der Waals surface area contributed by atoms with Gasteiger partial charge < -0.3 is 0 Å². The molecule has 0 saturated carbocycles. The number of hydrogen-bond donors (Lipinski definition) is 0. The fourth-order valence-corrected chi connectivity index (χ4v) is 5.54. The Morgan fingerprint density at radius 3 is 2.55 bits per heavy atom. The fraction of sp³-hybridized carbons (Fsp3) is 0.400. The maximum atomic E-state index is 13.0. The van der Waals surface area contributed by atoms with Gasteiger partial charge in [0.2, 0.25) is 11.8 Å². The number of fused-ring (bicyclic) bond motifs is 3. The third kappa shape index (κ3) is 3.76. The van der Waals surface area contributed by atoms with Gasteiger partial charge in [-0.05, 0) is 49.2 Å². The lowest BCUT2D eigenvalue weighted by atomic mass is 9.87. The average molecular weight is 455 g/mol. The number of rotatable bonds is 3. The number of nitrogens with zero attached hydrogens (tertiary/aromatic N) is 3. The Balaban J connectivity index is 1.38. The van der Waals surface area contributed by atoms with Crippen molar-refractivity contribution in [1.82, 2.24) is 14.8 Å². The summed E-state index contributed by atoms with van der Waals surface area (Å²) in [5.41, 5.74) is 0.985. The smallest absolute Gasteiger partial charge is 0.292 e. The standard InChI is InChI=1S/C25H24F3N3O2/c1-30-23(32)21-19-7-2-3-12-31(19)20(22(21)24(30)33)11-10-18-9-8-16(14-29-18)15-5-4-6-17(13-15)25(26,27)28/h4-6,8-11,13-14,19-22H,2-3,7,12H2,1H3/b11-10+/t19-,20-,21-,22+/m0/s1. The Kier molecular flexibility index (Phi) is 5.35.